The maximum Gasteiger partial charge on any atom is 0.271 e. The van der Waals surface area contributed by atoms with E-state index in [1.54, 1.807) is 36.2 Å². The zero-order chi connectivity index (χ0) is 21.5. The fourth-order valence-corrected chi connectivity index (χ4v) is 2.89. The average Bonchev–Trinajstić information content (AvgIpc) is 3.23. The van der Waals surface area contributed by atoms with Gasteiger partial charge in [-0.05, 0) is 55.3 Å². The highest BCUT2D eigenvalue weighted by molar-refractivity contribution is 5.94. The number of nitrogens with one attached hydrogen (secondary N) is 2. The fourth-order valence-electron chi connectivity index (χ4n) is 2.89. The van der Waals surface area contributed by atoms with E-state index >= 15 is 0 Å². The van der Waals surface area contributed by atoms with Gasteiger partial charge in [0.25, 0.3) is 11.8 Å². The summed E-state index contributed by atoms with van der Waals surface area (Å²) in [4.78, 5) is 24.3. The van der Waals surface area contributed by atoms with Crippen molar-refractivity contribution in [1.82, 2.24) is 20.4 Å². The Morgan fingerprint density at radius 2 is 1.83 bits per heavy atom. The van der Waals surface area contributed by atoms with Gasteiger partial charge in [0.05, 0.1) is 7.11 Å². The van der Waals surface area contributed by atoms with Gasteiger partial charge in [-0.3, -0.25) is 9.59 Å². The Balaban J connectivity index is 1.48. The van der Waals surface area contributed by atoms with E-state index in [1.807, 2.05) is 25.1 Å². The summed E-state index contributed by atoms with van der Waals surface area (Å²) in [5, 5.41) is 19.3. The number of aromatic hydroxyl groups is 1. The number of aryl methyl sites for hydroxylation is 1. The number of amides is 2. The largest absolute Gasteiger partial charge is 0.508 e. The van der Waals surface area contributed by atoms with Crippen LogP contribution >= 0.6 is 0 Å². The van der Waals surface area contributed by atoms with Gasteiger partial charge in [-0.15, -0.1) is 0 Å². The summed E-state index contributed by atoms with van der Waals surface area (Å²) in [6, 6.07) is 13.5. The molecule has 0 radical (unpaired) electrons. The summed E-state index contributed by atoms with van der Waals surface area (Å²) in [6.45, 7) is 2.75. The van der Waals surface area contributed by atoms with E-state index in [4.69, 9.17) is 4.74 Å². The van der Waals surface area contributed by atoms with Crippen LogP contribution in [-0.4, -0.2) is 46.9 Å². The van der Waals surface area contributed by atoms with E-state index in [2.05, 4.69) is 15.7 Å². The van der Waals surface area contributed by atoms with E-state index in [0.29, 0.717) is 36.5 Å². The maximum atomic E-state index is 12.3. The first-order chi connectivity index (χ1) is 14.5. The van der Waals surface area contributed by atoms with Crippen molar-refractivity contribution in [3.05, 3.63) is 71.5 Å². The first-order valence-corrected chi connectivity index (χ1v) is 9.54. The molecule has 0 aliphatic carbocycles. The number of nitrogens with zero attached hydrogens (tertiary/aromatic N) is 2. The number of rotatable bonds is 8. The Labute approximate surface area is 174 Å². The van der Waals surface area contributed by atoms with Crippen molar-refractivity contribution in [2.45, 2.75) is 13.3 Å². The van der Waals surface area contributed by atoms with Gasteiger partial charge in [0.2, 0.25) is 0 Å². The molecule has 2 amide bonds. The molecule has 0 spiro atoms. The van der Waals surface area contributed by atoms with Gasteiger partial charge in [-0.1, -0.05) is 12.1 Å². The number of benzene rings is 2. The first-order valence-electron chi connectivity index (χ1n) is 9.54. The first kappa shape index (κ1) is 20.9. The van der Waals surface area contributed by atoms with E-state index in [-0.39, 0.29) is 17.6 Å². The molecule has 8 nitrogen and oxygen atoms in total. The summed E-state index contributed by atoms with van der Waals surface area (Å²) < 4.78 is 6.97. The molecular weight excluding hydrogens is 384 g/mol. The lowest BCUT2D eigenvalue weighted by Gasteiger charge is -2.09. The maximum absolute atomic E-state index is 12.3. The standard InChI is InChI=1S/C22H24N4O4/c1-15-7-8-20(30-2)19(13-15)26-12-9-18(25-26)22(29)24-11-4-10-23-21(28)16-5-3-6-17(27)14-16/h3,5-9,12-14,27H,4,10-11H2,1-2H3,(H,23,28)(H,24,29). The molecule has 2 aromatic carbocycles. The highest BCUT2D eigenvalue weighted by Gasteiger charge is 2.12. The molecule has 0 fully saturated rings. The van der Waals surface area contributed by atoms with Crippen LogP contribution in [0, 0.1) is 6.92 Å². The van der Waals surface area contributed by atoms with Crippen molar-refractivity contribution in [3.63, 3.8) is 0 Å². The van der Waals surface area contributed by atoms with Crippen LogP contribution in [-0.2, 0) is 0 Å². The molecule has 3 rings (SSSR count). The molecule has 0 atom stereocenters. The number of carbonyl (C=O) groups is 2. The molecule has 0 bridgehead atoms. The molecule has 0 unspecified atom stereocenters. The van der Waals surface area contributed by atoms with Gasteiger partial charge >= 0.3 is 0 Å². The van der Waals surface area contributed by atoms with Gasteiger partial charge < -0.3 is 20.5 Å². The van der Waals surface area contributed by atoms with Crippen molar-refractivity contribution in [1.29, 1.82) is 0 Å². The lowest BCUT2D eigenvalue weighted by molar-refractivity contribution is 0.0947. The molecule has 3 N–H and O–H groups in total. The van der Waals surface area contributed by atoms with Crippen LogP contribution in [0.25, 0.3) is 5.69 Å². The normalized spacial score (nSPS) is 10.5. The molecule has 1 heterocycles. The molecular formula is C22H24N4O4. The minimum Gasteiger partial charge on any atom is -0.508 e. The number of methoxy groups -OCH3 is 1. The average molecular weight is 408 g/mol. The second kappa shape index (κ2) is 9.60. The summed E-state index contributed by atoms with van der Waals surface area (Å²) in [6.07, 6.45) is 2.27. The number of ether oxygens (including phenoxy) is 1. The van der Waals surface area contributed by atoms with Crippen molar-refractivity contribution in [2.24, 2.45) is 0 Å². The Morgan fingerprint density at radius 1 is 1.07 bits per heavy atom. The summed E-state index contributed by atoms with van der Waals surface area (Å²) in [5.41, 5.74) is 2.49. The van der Waals surface area contributed by atoms with Gasteiger partial charge in [0, 0.05) is 24.8 Å². The molecule has 0 saturated heterocycles. The van der Waals surface area contributed by atoms with Gasteiger partial charge in [0.15, 0.2) is 5.69 Å². The lowest BCUT2D eigenvalue weighted by Crippen LogP contribution is -2.30. The third-order valence-corrected chi connectivity index (χ3v) is 4.44. The van der Waals surface area contributed by atoms with Crippen LogP contribution in [0.15, 0.2) is 54.7 Å². The van der Waals surface area contributed by atoms with Crippen LogP contribution in [0.3, 0.4) is 0 Å². The minimum atomic E-state index is -0.292. The Morgan fingerprint density at radius 3 is 2.57 bits per heavy atom. The van der Waals surface area contributed by atoms with Gasteiger partial charge in [0.1, 0.15) is 17.2 Å². The number of hydrogen-bond acceptors (Lipinski definition) is 5. The van der Waals surface area contributed by atoms with Crippen molar-refractivity contribution in [2.75, 3.05) is 20.2 Å². The van der Waals surface area contributed by atoms with Crippen LogP contribution < -0.4 is 15.4 Å². The third kappa shape index (κ3) is 5.16. The quantitative estimate of drug-likeness (QED) is 0.497. The Bertz CT molecular complexity index is 1050. The lowest BCUT2D eigenvalue weighted by atomic mass is 10.2. The highest BCUT2D eigenvalue weighted by Crippen LogP contribution is 2.23. The molecule has 0 aliphatic heterocycles. The Hall–Kier alpha value is -3.81. The summed E-state index contributed by atoms with van der Waals surface area (Å²) in [5.74, 6) is 0.138. The van der Waals surface area contributed by atoms with Crippen LogP contribution in [0.4, 0.5) is 0 Å². The van der Waals surface area contributed by atoms with E-state index in [0.717, 1.165) is 11.3 Å². The van der Waals surface area contributed by atoms with Gasteiger partial charge in [-0.25, -0.2) is 4.68 Å². The monoisotopic (exact) mass is 408 g/mol. The predicted molar refractivity (Wildman–Crippen MR) is 112 cm³/mol. The molecule has 30 heavy (non-hydrogen) atoms. The smallest absolute Gasteiger partial charge is 0.271 e. The molecule has 0 saturated carbocycles. The van der Waals surface area contributed by atoms with Crippen LogP contribution in [0.2, 0.25) is 0 Å². The van der Waals surface area contributed by atoms with E-state index < -0.39 is 0 Å². The molecule has 1 aromatic heterocycles. The predicted octanol–water partition coefficient (Wildman–Crippen LogP) is 2.44. The van der Waals surface area contributed by atoms with Gasteiger partial charge in [-0.2, -0.15) is 5.10 Å². The molecule has 3 aromatic rings. The zero-order valence-electron chi connectivity index (χ0n) is 16.9. The zero-order valence-corrected chi connectivity index (χ0v) is 16.9. The number of phenols is 1. The molecule has 156 valence electrons. The van der Waals surface area contributed by atoms with Crippen LogP contribution in [0.1, 0.15) is 32.8 Å². The molecule has 0 aliphatic rings. The number of carbonyl (C=O) groups excluding carboxylic acids is 2. The number of phenolic OH excluding ortho intramolecular Hbond substituents is 1. The van der Waals surface area contributed by atoms with Crippen LogP contribution in [0.5, 0.6) is 11.5 Å². The molecule has 8 heteroatoms. The SMILES string of the molecule is COc1ccc(C)cc1-n1ccc(C(=O)NCCCNC(=O)c2cccc(O)c2)n1. The summed E-state index contributed by atoms with van der Waals surface area (Å²) in [7, 11) is 1.59. The minimum absolute atomic E-state index is 0.0395. The highest BCUT2D eigenvalue weighted by atomic mass is 16.5. The second-order valence-electron chi connectivity index (χ2n) is 6.74. The van der Waals surface area contributed by atoms with E-state index in [9.17, 15) is 14.7 Å². The summed E-state index contributed by atoms with van der Waals surface area (Å²) >= 11 is 0. The van der Waals surface area contributed by atoms with Crippen molar-refractivity contribution >= 4 is 11.8 Å². The van der Waals surface area contributed by atoms with Crippen molar-refractivity contribution in [3.8, 4) is 17.2 Å². The second-order valence-corrected chi connectivity index (χ2v) is 6.74. The van der Waals surface area contributed by atoms with E-state index in [1.165, 1.54) is 12.1 Å². The topological polar surface area (TPSA) is 105 Å². The fraction of sp³-hybridized carbons (Fsp3) is 0.227. The Kier molecular flexibility index (Phi) is 6.69. The third-order valence-electron chi connectivity index (χ3n) is 4.44. The number of hydrogen-bond donors (Lipinski definition) is 3. The number of aromatic nitrogens is 2. The van der Waals surface area contributed by atoms with Crippen molar-refractivity contribution < 1.29 is 19.4 Å².